The number of nitrogens with two attached hydrogens (primary N) is 1. The maximum Gasteiger partial charge on any atom is 0.110 e. The maximum atomic E-state index is 5.67. The maximum absolute atomic E-state index is 5.67. The molecule has 1 aromatic carbocycles. The Morgan fingerprint density at radius 1 is 1.37 bits per heavy atom. The number of benzene rings is 1. The van der Waals surface area contributed by atoms with Gasteiger partial charge in [0.05, 0.1) is 0 Å². The number of hydrogen-bond donors (Lipinski definition) is 1. The van der Waals surface area contributed by atoms with Gasteiger partial charge < -0.3 is 10.3 Å². The van der Waals surface area contributed by atoms with Crippen molar-refractivity contribution in [2.24, 2.45) is 5.73 Å². The van der Waals surface area contributed by atoms with Gasteiger partial charge in [-0.3, -0.25) is 0 Å². The number of nitrogens with zero attached hydrogens (tertiary/aromatic N) is 2. The Balaban J connectivity index is 1.89. The minimum Gasteiger partial charge on any atom is -0.331 e. The Morgan fingerprint density at radius 3 is 3.00 bits per heavy atom. The summed E-state index contributed by atoms with van der Waals surface area (Å²) in [6.45, 7) is 3.93. The Kier molecular flexibility index (Phi) is 3.38. The van der Waals surface area contributed by atoms with E-state index in [4.69, 9.17) is 5.73 Å². The molecule has 0 aliphatic carbocycles. The van der Waals surface area contributed by atoms with Crippen molar-refractivity contribution in [3.63, 3.8) is 0 Å². The summed E-state index contributed by atoms with van der Waals surface area (Å²) in [5, 5.41) is 0. The molecule has 2 heterocycles. The first-order valence-electron chi connectivity index (χ1n) is 7.08. The molecule has 1 aliphatic rings. The zero-order chi connectivity index (χ0) is 13.2. The van der Waals surface area contributed by atoms with Gasteiger partial charge in [-0.05, 0) is 37.4 Å². The van der Waals surface area contributed by atoms with E-state index in [1.807, 2.05) is 6.20 Å². The summed E-state index contributed by atoms with van der Waals surface area (Å²) in [7, 11) is 0. The van der Waals surface area contributed by atoms with Crippen molar-refractivity contribution in [1.82, 2.24) is 9.55 Å². The van der Waals surface area contributed by atoms with E-state index >= 15 is 0 Å². The van der Waals surface area contributed by atoms with Crippen LogP contribution in [0.2, 0.25) is 0 Å². The second kappa shape index (κ2) is 5.17. The van der Waals surface area contributed by atoms with E-state index in [2.05, 4.69) is 40.7 Å². The van der Waals surface area contributed by atoms with Gasteiger partial charge in [0.25, 0.3) is 0 Å². The summed E-state index contributed by atoms with van der Waals surface area (Å²) in [6.07, 6.45) is 5.24. The largest absolute Gasteiger partial charge is 0.331 e. The molecule has 1 atom stereocenters. The van der Waals surface area contributed by atoms with E-state index in [-0.39, 0.29) is 0 Å². The molecular formula is C16H21N3. The summed E-state index contributed by atoms with van der Waals surface area (Å²) in [4.78, 5) is 4.52. The fourth-order valence-electron chi connectivity index (χ4n) is 3.14. The predicted octanol–water partition coefficient (Wildman–Crippen LogP) is 2.42. The van der Waals surface area contributed by atoms with Gasteiger partial charge in [-0.25, -0.2) is 4.98 Å². The highest BCUT2D eigenvalue weighted by molar-refractivity contribution is 5.30. The topological polar surface area (TPSA) is 43.8 Å². The third-order valence-electron chi connectivity index (χ3n) is 4.17. The quantitative estimate of drug-likeness (QED) is 0.915. The van der Waals surface area contributed by atoms with Crippen LogP contribution in [-0.4, -0.2) is 16.1 Å². The van der Waals surface area contributed by atoms with Gasteiger partial charge in [-0.15, -0.1) is 0 Å². The monoisotopic (exact) mass is 255 g/mol. The summed E-state index contributed by atoms with van der Waals surface area (Å²) in [5.41, 5.74) is 9.92. The van der Waals surface area contributed by atoms with E-state index in [0.29, 0.717) is 12.5 Å². The van der Waals surface area contributed by atoms with E-state index in [9.17, 15) is 0 Å². The molecule has 19 heavy (non-hydrogen) atoms. The molecule has 0 fully saturated rings. The van der Waals surface area contributed by atoms with Crippen molar-refractivity contribution in [1.29, 1.82) is 0 Å². The standard InChI is InChI=1S/C16H21N3/c1-12-4-2-3-5-15(12)13-6-7-14-10-18-16(8-9-17)19(14)11-13/h2-5,10,13H,6-9,11,17H2,1H3. The molecule has 3 rings (SSSR count). The number of rotatable bonds is 3. The molecule has 3 heteroatoms. The highest BCUT2D eigenvalue weighted by Gasteiger charge is 2.23. The zero-order valence-corrected chi connectivity index (χ0v) is 11.5. The molecule has 0 bridgehead atoms. The van der Waals surface area contributed by atoms with Gasteiger partial charge in [0.15, 0.2) is 0 Å². The normalized spacial score (nSPS) is 18.3. The van der Waals surface area contributed by atoms with E-state index in [1.165, 1.54) is 23.2 Å². The smallest absolute Gasteiger partial charge is 0.110 e. The second-order valence-corrected chi connectivity index (χ2v) is 5.41. The third kappa shape index (κ3) is 2.30. The summed E-state index contributed by atoms with van der Waals surface area (Å²) >= 11 is 0. The van der Waals surface area contributed by atoms with Crippen LogP contribution in [-0.2, 0) is 19.4 Å². The van der Waals surface area contributed by atoms with Crippen LogP contribution in [0.1, 0.15) is 35.0 Å². The van der Waals surface area contributed by atoms with Gasteiger partial charge in [-0.2, -0.15) is 0 Å². The average molecular weight is 255 g/mol. The van der Waals surface area contributed by atoms with Crippen LogP contribution in [0, 0.1) is 6.92 Å². The molecule has 1 aliphatic heterocycles. The number of aromatic nitrogens is 2. The molecule has 2 N–H and O–H groups in total. The average Bonchev–Trinajstić information content (AvgIpc) is 2.82. The molecule has 100 valence electrons. The second-order valence-electron chi connectivity index (χ2n) is 5.41. The lowest BCUT2D eigenvalue weighted by atomic mass is 9.88. The van der Waals surface area contributed by atoms with Crippen LogP contribution >= 0.6 is 0 Å². The Hall–Kier alpha value is -1.61. The number of fused-ring (bicyclic) bond motifs is 1. The molecular weight excluding hydrogens is 234 g/mol. The highest BCUT2D eigenvalue weighted by Crippen LogP contribution is 2.31. The Bertz CT molecular complexity index is 571. The Morgan fingerprint density at radius 2 is 2.21 bits per heavy atom. The van der Waals surface area contributed by atoms with E-state index in [1.54, 1.807) is 0 Å². The molecule has 0 spiro atoms. The number of aryl methyl sites for hydroxylation is 2. The van der Waals surface area contributed by atoms with Crippen LogP contribution in [0.5, 0.6) is 0 Å². The predicted molar refractivity (Wildman–Crippen MR) is 77.2 cm³/mol. The minimum atomic E-state index is 0.611. The first kappa shape index (κ1) is 12.4. The summed E-state index contributed by atoms with van der Waals surface area (Å²) in [6, 6.07) is 8.74. The first-order valence-corrected chi connectivity index (χ1v) is 7.08. The van der Waals surface area contributed by atoms with Crippen molar-refractivity contribution < 1.29 is 0 Å². The van der Waals surface area contributed by atoms with E-state index < -0.39 is 0 Å². The van der Waals surface area contributed by atoms with Gasteiger partial charge >= 0.3 is 0 Å². The minimum absolute atomic E-state index is 0.611. The Labute approximate surface area is 114 Å². The molecule has 0 radical (unpaired) electrons. The first-order chi connectivity index (χ1) is 9.29. The SMILES string of the molecule is Cc1ccccc1C1CCc2cnc(CCN)n2C1. The lowest BCUT2D eigenvalue weighted by Gasteiger charge is -2.27. The number of imidazole rings is 1. The third-order valence-corrected chi connectivity index (χ3v) is 4.17. The highest BCUT2D eigenvalue weighted by atomic mass is 15.1. The fraction of sp³-hybridized carbons (Fsp3) is 0.438. The lowest BCUT2D eigenvalue weighted by molar-refractivity contribution is 0.450. The van der Waals surface area contributed by atoms with Crippen LogP contribution in [0.25, 0.3) is 0 Å². The van der Waals surface area contributed by atoms with Gasteiger partial charge in [0, 0.05) is 30.8 Å². The van der Waals surface area contributed by atoms with Crippen molar-refractivity contribution >= 4 is 0 Å². The van der Waals surface area contributed by atoms with Crippen molar-refractivity contribution in [2.45, 2.75) is 38.6 Å². The van der Waals surface area contributed by atoms with Gasteiger partial charge in [0.2, 0.25) is 0 Å². The summed E-state index contributed by atoms with van der Waals surface area (Å²) < 4.78 is 2.38. The lowest BCUT2D eigenvalue weighted by Crippen LogP contribution is -2.21. The summed E-state index contributed by atoms with van der Waals surface area (Å²) in [5.74, 6) is 1.76. The van der Waals surface area contributed by atoms with Crippen LogP contribution in [0.4, 0.5) is 0 Å². The van der Waals surface area contributed by atoms with Crippen molar-refractivity contribution in [3.8, 4) is 0 Å². The molecule has 1 unspecified atom stereocenters. The number of hydrogen-bond acceptors (Lipinski definition) is 2. The van der Waals surface area contributed by atoms with Crippen LogP contribution in [0.15, 0.2) is 30.5 Å². The van der Waals surface area contributed by atoms with Crippen molar-refractivity contribution in [2.75, 3.05) is 6.54 Å². The van der Waals surface area contributed by atoms with Crippen LogP contribution in [0.3, 0.4) is 0 Å². The fourth-order valence-corrected chi connectivity index (χ4v) is 3.14. The van der Waals surface area contributed by atoms with E-state index in [0.717, 1.165) is 25.2 Å². The van der Waals surface area contributed by atoms with Gasteiger partial charge in [0.1, 0.15) is 5.82 Å². The molecule has 3 nitrogen and oxygen atoms in total. The molecule has 1 aromatic heterocycles. The molecule has 2 aromatic rings. The van der Waals surface area contributed by atoms with Crippen molar-refractivity contribution in [3.05, 3.63) is 53.1 Å². The van der Waals surface area contributed by atoms with Gasteiger partial charge in [-0.1, -0.05) is 24.3 Å². The molecule has 0 saturated carbocycles. The molecule has 0 amide bonds. The molecule has 0 saturated heterocycles. The zero-order valence-electron chi connectivity index (χ0n) is 11.5. The van der Waals surface area contributed by atoms with Crippen LogP contribution < -0.4 is 5.73 Å².